The molecule has 1 aliphatic rings. The first-order valence-electron chi connectivity index (χ1n) is 6.35. The third kappa shape index (κ3) is 2.37. The van der Waals surface area contributed by atoms with Gasteiger partial charge in [-0.3, -0.25) is 4.79 Å². The zero-order valence-corrected chi connectivity index (χ0v) is 11.1. The van der Waals surface area contributed by atoms with Crippen LogP contribution in [0.4, 0.5) is 11.4 Å². The fourth-order valence-electron chi connectivity index (χ4n) is 2.23. The molecule has 0 atom stereocenters. The van der Waals surface area contributed by atoms with Crippen molar-refractivity contribution in [2.24, 2.45) is 0 Å². The van der Waals surface area contributed by atoms with E-state index in [9.17, 15) is 4.79 Å². The summed E-state index contributed by atoms with van der Waals surface area (Å²) in [7, 11) is 0. The van der Waals surface area contributed by atoms with Crippen molar-refractivity contribution in [3.63, 3.8) is 0 Å². The van der Waals surface area contributed by atoms with Gasteiger partial charge >= 0.3 is 0 Å². The normalized spacial score (nSPS) is 13.3. The van der Waals surface area contributed by atoms with Crippen LogP contribution in [-0.4, -0.2) is 17.5 Å². The van der Waals surface area contributed by atoms with Crippen molar-refractivity contribution >= 4 is 17.3 Å². The number of rotatable bonds is 2. The maximum atomic E-state index is 12.1. The smallest absolute Gasteiger partial charge is 0.265 e. The van der Waals surface area contributed by atoms with E-state index in [1.807, 2.05) is 6.07 Å². The summed E-state index contributed by atoms with van der Waals surface area (Å²) < 4.78 is 5.39. The molecule has 6 heteroatoms. The first-order chi connectivity index (χ1) is 10.2. The van der Waals surface area contributed by atoms with Gasteiger partial charge < -0.3 is 15.4 Å². The number of benzene rings is 1. The average molecular weight is 280 g/mol. The van der Waals surface area contributed by atoms with Gasteiger partial charge in [-0.15, -0.1) is 0 Å². The molecular formula is C15H12N4O2. The molecule has 6 nitrogen and oxygen atoms in total. The lowest BCUT2D eigenvalue weighted by Gasteiger charge is -2.29. The highest BCUT2D eigenvalue weighted by Gasteiger charge is 2.26. The number of aromatic nitrogens is 1. The fourth-order valence-corrected chi connectivity index (χ4v) is 2.23. The minimum atomic E-state index is -0.167. The molecule has 3 rings (SSSR count). The number of nitrogens with two attached hydrogens (primary N) is 1. The Balaban J connectivity index is 1.99. The molecule has 0 unspecified atom stereocenters. The van der Waals surface area contributed by atoms with Gasteiger partial charge in [-0.05, 0) is 18.2 Å². The highest BCUT2D eigenvalue weighted by molar-refractivity contribution is 5.98. The summed E-state index contributed by atoms with van der Waals surface area (Å²) in [4.78, 5) is 17.7. The van der Waals surface area contributed by atoms with Gasteiger partial charge in [0.15, 0.2) is 6.61 Å². The number of fused-ring (bicyclic) bond motifs is 1. The molecule has 1 aliphatic heterocycles. The number of carbonyl (C=O) groups is 1. The molecule has 21 heavy (non-hydrogen) atoms. The van der Waals surface area contributed by atoms with Crippen molar-refractivity contribution in [3.8, 4) is 11.8 Å². The van der Waals surface area contributed by atoms with Crippen molar-refractivity contribution in [1.82, 2.24) is 4.98 Å². The number of ether oxygens (including phenoxy) is 1. The number of pyridine rings is 1. The van der Waals surface area contributed by atoms with Crippen LogP contribution >= 0.6 is 0 Å². The third-order valence-corrected chi connectivity index (χ3v) is 3.25. The molecule has 104 valence electrons. The standard InChI is InChI=1S/C15H12N4O2/c16-7-12-10(2-1-5-18-12)8-19-13-4-3-11(17)6-14(13)21-9-15(19)20/h1-6H,8-9,17H2. The maximum Gasteiger partial charge on any atom is 0.265 e. The van der Waals surface area contributed by atoms with Crippen LogP contribution < -0.4 is 15.4 Å². The van der Waals surface area contributed by atoms with Gasteiger partial charge in [0.25, 0.3) is 5.91 Å². The molecule has 0 spiro atoms. The lowest BCUT2D eigenvalue weighted by atomic mass is 10.1. The second-order valence-electron chi connectivity index (χ2n) is 4.62. The molecular weight excluding hydrogens is 268 g/mol. The Bertz CT molecular complexity index is 752. The van der Waals surface area contributed by atoms with Crippen molar-refractivity contribution < 1.29 is 9.53 Å². The van der Waals surface area contributed by atoms with Crippen molar-refractivity contribution in [2.75, 3.05) is 17.2 Å². The largest absolute Gasteiger partial charge is 0.481 e. The van der Waals surface area contributed by atoms with E-state index in [0.717, 1.165) is 0 Å². The summed E-state index contributed by atoms with van der Waals surface area (Å²) in [5, 5.41) is 9.09. The second kappa shape index (κ2) is 5.13. The number of carbonyl (C=O) groups excluding carboxylic acids is 1. The Labute approximate surface area is 121 Å². The van der Waals surface area contributed by atoms with Gasteiger partial charge in [-0.1, -0.05) is 6.07 Å². The predicted octanol–water partition coefficient (Wildman–Crippen LogP) is 1.46. The SMILES string of the molecule is N#Cc1ncccc1CN1C(=O)COc2cc(N)ccc21. The van der Waals surface area contributed by atoms with Crippen LogP contribution in [0.5, 0.6) is 5.75 Å². The molecule has 0 saturated carbocycles. The predicted molar refractivity (Wildman–Crippen MR) is 76.5 cm³/mol. The number of hydrogen-bond acceptors (Lipinski definition) is 5. The molecule has 2 heterocycles. The lowest BCUT2D eigenvalue weighted by Crippen LogP contribution is -2.38. The first-order valence-corrected chi connectivity index (χ1v) is 6.35. The summed E-state index contributed by atoms with van der Waals surface area (Å²) >= 11 is 0. The van der Waals surface area contributed by atoms with Crippen LogP contribution in [0.3, 0.4) is 0 Å². The molecule has 0 fully saturated rings. The molecule has 0 radical (unpaired) electrons. The Hall–Kier alpha value is -3.07. The number of amides is 1. The van der Waals surface area contributed by atoms with Gasteiger partial charge in [-0.25, -0.2) is 4.98 Å². The molecule has 2 N–H and O–H groups in total. The summed E-state index contributed by atoms with van der Waals surface area (Å²) in [6.07, 6.45) is 1.55. The Morgan fingerprint density at radius 1 is 1.43 bits per heavy atom. The topological polar surface area (TPSA) is 92.2 Å². The van der Waals surface area contributed by atoms with Gasteiger partial charge in [0.2, 0.25) is 0 Å². The molecule has 2 aromatic rings. The highest BCUT2D eigenvalue weighted by atomic mass is 16.5. The third-order valence-electron chi connectivity index (χ3n) is 3.25. The van der Waals surface area contributed by atoms with Gasteiger partial charge in [-0.2, -0.15) is 5.26 Å². The monoisotopic (exact) mass is 280 g/mol. The molecule has 1 amide bonds. The van der Waals surface area contributed by atoms with Crippen LogP contribution in [0.1, 0.15) is 11.3 Å². The van der Waals surface area contributed by atoms with Gasteiger partial charge in [0.05, 0.1) is 12.2 Å². The van der Waals surface area contributed by atoms with Crippen LogP contribution in [-0.2, 0) is 11.3 Å². The van der Waals surface area contributed by atoms with Crippen LogP contribution in [0.25, 0.3) is 0 Å². The average Bonchev–Trinajstić information content (AvgIpc) is 2.50. The Morgan fingerprint density at radius 3 is 3.10 bits per heavy atom. The van der Waals surface area contributed by atoms with E-state index < -0.39 is 0 Å². The van der Waals surface area contributed by atoms with Gasteiger partial charge in [0.1, 0.15) is 17.5 Å². The van der Waals surface area contributed by atoms with Crippen molar-refractivity contribution in [1.29, 1.82) is 5.26 Å². The van der Waals surface area contributed by atoms with E-state index >= 15 is 0 Å². The van der Waals surface area contributed by atoms with E-state index in [1.165, 1.54) is 0 Å². The summed E-state index contributed by atoms with van der Waals surface area (Å²) in [6.45, 7) is 0.231. The quantitative estimate of drug-likeness (QED) is 0.841. The highest BCUT2D eigenvalue weighted by Crippen LogP contribution is 2.34. The van der Waals surface area contributed by atoms with E-state index in [-0.39, 0.29) is 19.1 Å². The van der Waals surface area contributed by atoms with E-state index in [0.29, 0.717) is 28.4 Å². The maximum absolute atomic E-state index is 12.1. The van der Waals surface area contributed by atoms with Crippen LogP contribution in [0.15, 0.2) is 36.5 Å². The minimum absolute atomic E-state index is 0.0431. The molecule has 1 aromatic heterocycles. The summed E-state index contributed by atoms with van der Waals surface area (Å²) in [5.74, 6) is 0.400. The van der Waals surface area contributed by atoms with Crippen LogP contribution in [0, 0.1) is 11.3 Å². The molecule has 0 aliphatic carbocycles. The lowest BCUT2D eigenvalue weighted by molar-refractivity contribution is -0.121. The molecule has 0 bridgehead atoms. The van der Waals surface area contributed by atoms with E-state index in [2.05, 4.69) is 4.98 Å². The number of nitrogens with zero attached hydrogens (tertiary/aromatic N) is 3. The van der Waals surface area contributed by atoms with Crippen molar-refractivity contribution in [2.45, 2.75) is 6.54 Å². The molecule has 1 aromatic carbocycles. The number of anilines is 2. The van der Waals surface area contributed by atoms with E-state index in [1.54, 1.807) is 41.4 Å². The molecule has 0 saturated heterocycles. The summed E-state index contributed by atoms with van der Waals surface area (Å²) in [6, 6.07) is 10.7. The van der Waals surface area contributed by atoms with Crippen LogP contribution in [0.2, 0.25) is 0 Å². The zero-order chi connectivity index (χ0) is 14.8. The Morgan fingerprint density at radius 2 is 2.29 bits per heavy atom. The number of nitriles is 1. The summed E-state index contributed by atoms with van der Waals surface area (Å²) in [5.41, 5.74) is 7.95. The van der Waals surface area contributed by atoms with E-state index in [4.69, 9.17) is 15.7 Å². The second-order valence-corrected chi connectivity index (χ2v) is 4.62. The zero-order valence-electron chi connectivity index (χ0n) is 11.1. The first kappa shape index (κ1) is 12.9. The number of nitrogen functional groups attached to an aromatic ring is 1. The van der Waals surface area contributed by atoms with Gasteiger partial charge in [0, 0.05) is 23.5 Å². The fraction of sp³-hybridized carbons (Fsp3) is 0.133. The Kier molecular flexibility index (Phi) is 3.16. The number of hydrogen-bond donors (Lipinski definition) is 1. The van der Waals surface area contributed by atoms with Crippen molar-refractivity contribution in [3.05, 3.63) is 47.8 Å². The minimum Gasteiger partial charge on any atom is -0.481 e.